The summed E-state index contributed by atoms with van der Waals surface area (Å²) in [5, 5.41) is 2.74. The Morgan fingerprint density at radius 1 is 1.19 bits per heavy atom. The lowest BCUT2D eigenvalue weighted by atomic mass is 10.1. The molecule has 2 rings (SSSR count). The first-order valence-electron chi connectivity index (χ1n) is 7.12. The molecule has 21 heavy (non-hydrogen) atoms. The first-order valence-corrected chi connectivity index (χ1v) is 8.45. The molecule has 0 spiro atoms. The summed E-state index contributed by atoms with van der Waals surface area (Å²) in [6.45, 7) is 4.14. The summed E-state index contributed by atoms with van der Waals surface area (Å²) in [6.07, 6.45) is 1.52. The van der Waals surface area contributed by atoms with Gasteiger partial charge in [-0.3, -0.25) is 4.79 Å². The van der Waals surface area contributed by atoms with Crippen LogP contribution in [0.25, 0.3) is 0 Å². The number of benzene rings is 1. The summed E-state index contributed by atoms with van der Waals surface area (Å²) in [7, 11) is 0. The van der Waals surface area contributed by atoms with Gasteiger partial charge in [0.05, 0.1) is 5.25 Å². The third-order valence-electron chi connectivity index (χ3n) is 3.27. The normalized spacial score (nSPS) is 13.7. The minimum Gasteiger partial charge on any atom is -0.352 e. The Morgan fingerprint density at radius 2 is 1.90 bits per heavy atom. The Labute approximate surface area is 136 Å². The van der Waals surface area contributed by atoms with E-state index < -0.39 is 0 Å². The molecule has 1 amide bonds. The van der Waals surface area contributed by atoms with Crippen LogP contribution in [0.5, 0.6) is 0 Å². The third kappa shape index (κ3) is 5.21. The van der Waals surface area contributed by atoms with Crippen molar-refractivity contribution in [1.82, 2.24) is 5.32 Å². The van der Waals surface area contributed by atoms with Gasteiger partial charge in [-0.25, -0.2) is 0 Å². The summed E-state index contributed by atoms with van der Waals surface area (Å²) in [4.78, 5) is 14.8. The van der Waals surface area contributed by atoms with Crippen molar-refractivity contribution in [3.63, 3.8) is 0 Å². The number of carbonyl (C=O) groups is 1. The smallest absolute Gasteiger partial charge is 0.233 e. The SMILES string of the molecule is Cc1ccc(CC(C)NC(=O)C(S)Cc2ccccc2)s1. The van der Waals surface area contributed by atoms with Gasteiger partial charge in [0.25, 0.3) is 0 Å². The Kier molecular flexibility index (Phi) is 5.88. The van der Waals surface area contributed by atoms with Crippen LogP contribution in [-0.2, 0) is 17.6 Å². The number of amides is 1. The average molecular weight is 319 g/mol. The van der Waals surface area contributed by atoms with E-state index in [0.29, 0.717) is 6.42 Å². The van der Waals surface area contributed by atoms with E-state index in [4.69, 9.17) is 0 Å². The largest absolute Gasteiger partial charge is 0.352 e. The zero-order chi connectivity index (χ0) is 15.2. The molecule has 0 aliphatic rings. The van der Waals surface area contributed by atoms with Crippen LogP contribution >= 0.6 is 24.0 Å². The van der Waals surface area contributed by atoms with Crippen LogP contribution in [0, 0.1) is 6.92 Å². The average Bonchev–Trinajstić information content (AvgIpc) is 2.84. The van der Waals surface area contributed by atoms with Gasteiger partial charge >= 0.3 is 0 Å². The molecule has 2 atom stereocenters. The number of thiol groups is 1. The van der Waals surface area contributed by atoms with Crippen molar-refractivity contribution in [3.8, 4) is 0 Å². The lowest BCUT2D eigenvalue weighted by molar-refractivity contribution is -0.121. The van der Waals surface area contributed by atoms with Crippen LogP contribution in [0.4, 0.5) is 0 Å². The van der Waals surface area contributed by atoms with E-state index in [1.54, 1.807) is 11.3 Å². The highest BCUT2D eigenvalue weighted by atomic mass is 32.1. The predicted octanol–water partition coefficient (Wildman–Crippen LogP) is 3.64. The number of thiophene rings is 1. The van der Waals surface area contributed by atoms with Gasteiger partial charge in [0.1, 0.15) is 0 Å². The second-order valence-electron chi connectivity index (χ2n) is 5.33. The zero-order valence-corrected chi connectivity index (χ0v) is 14.1. The molecular weight excluding hydrogens is 298 g/mol. The number of hydrogen-bond donors (Lipinski definition) is 2. The van der Waals surface area contributed by atoms with Gasteiger partial charge in [-0.15, -0.1) is 11.3 Å². The monoisotopic (exact) mass is 319 g/mol. The minimum absolute atomic E-state index is 0.00274. The van der Waals surface area contributed by atoms with E-state index in [1.807, 2.05) is 37.3 Å². The van der Waals surface area contributed by atoms with Gasteiger partial charge in [0, 0.05) is 22.2 Å². The zero-order valence-electron chi connectivity index (χ0n) is 12.4. The molecule has 0 aliphatic heterocycles. The van der Waals surface area contributed by atoms with E-state index in [-0.39, 0.29) is 17.2 Å². The van der Waals surface area contributed by atoms with Crippen LogP contribution in [-0.4, -0.2) is 17.2 Å². The molecular formula is C17H21NOS2. The van der Waals surface area contributed by atoms with Crippen molar-refractivity contribution < 1.29 is 4.79 Å². The first-order chi connectivity index (χ1) is 10.0. The van der Waals surface area contributed by atoms with Gasteiger partial charge in [0.15, 0.2) is 0 Å². The van der Waals surface area contributed by atoms with E-state index in [1.165, 1.54) is 9.75 Å². The van der Waals surface area contributed by atoms with Gasteiger partial charge in [-0.1, -0.05) is 30.3 Å². The summed E-state index contributed by atoms with van der Waals surface area (Å²) in [5.41, 5.74) is 1.13. The number of aryl methyl sites for hydroxylation is 1. The molecule has 0 saturated carbocycles. The van der Waals surface area contributed by atoms with Gasteiger partial charge < -0.3 is 5.32 Å². The topological polar surface area (TPSA) is 29.1 Å². The van der Waals surface area contributed by atoms with E-state index >= 15 is 0 Å². The van der Waals surface area contributed by atoms with Crippen molar-refractivity contribution in [3.05, 3.63) is 57.8 Å². The second kappa shape index (κ2) is 7.66. The van der Waals surface area contributed by atoms with E-state index in [9.17, 15) is 4.79 Å². The Bertz CT molecular complexity index is 579. The molecule has 2 aromatic rings. The fourth-order valence-electron chi connectivity index (χ4n) is 2.22. The summed E-state index contributed by atoms with van der Waals surface area (Å²) in [6, 6.07) is 14.4. The van der Waals surface area contributed by atoms with Crippen molar-refractivity contribution in [2.45, 2.75) is 38.0 Å². The molecule has 2 unspecified atom stereocenters. The lowest BCUT2D eigenvalue weighted by Crippen LogP contribution is -2.39. The summed E-state index contributed by atoms with van der Waals surface area (Å²) < 4.78 is 0. The quantitative estimate of drug-likeness (QED) is 0.782. The Hall–Kier alpha value is -1.26. The molecule has 2 nitrogen and oxygen atoms in total. The maximum absolute atomic E-state index is 12.2. The first kappa shape index (κ1) is 16.1. The maximum Gasteiger partial charge on any atom is 0.233 e. The summed E-state index contributed by atoms with van der Waals surface area (Å²) >= 11 is 6.22. The van der Waals surface area contributed by atoms with Crippen LogP contribution < -0.4 is 5.32 Å². The minimum atomic E-state index is -0.306. The number of carbonyl (C=O) groups excluding carboxylic acids is 1. The van der Waals surface area contributed by atoms with Crippen LogP contribution in [0.2, 0.25) is 0 Å². The van der Waals surface area contributed by atoms with Crippen LogP contribution in [0.15, 0.2) is 42.5 Å². The Morgan fingerprint density at radius 3 is 2.52 bits per heavy atom. The molecule has 1 N–H and O–H groups in total. The van der Waals surface area contributed by atoms with Gasteiger partial charge in [0.2, 0.25) is 5.91 Å². The molecule has 4 heteroatoms. The molecule has 112 valence electrons. The number of hydrogen-bond acceptors (Lipinski definition) is 3. The molecule has 1 aromatic carbocycles. The molecule has 0 saturated heterocycles. The third-order valence-corrected chi connectivity index (χ3v) is 4.71. The van der Waals surface area contributed by atoms with Crippen molar-refractivity contribution >= 4 is 29.9 Å². The standard InChI is InChI=1S/C17H21NOS2/c1-12(10-15-9-8-13(2)21-15)18-17(19)16(20)11-14-6-4-3-5-7-14/h3-9,12,16,20H,10-11H2,1-2H3,(H,18,19). The highest BCUT2D eigenvalue weighted by Crippen LogP contribution is 2.17. The van der Waals surface area contributed by atoms with Crippen LogP contribution in [0.1, 0.15) is 22.2 Å². The van der Waals surface area contributed by atoms with E-state index in [2.05, 4.69) is 37.0 Å². The van der Waals surface area contributed by atoms with Crippen molar-refractivity contribution in [1.29, 1.82) is 0 Å². The highest BCUT2D eigenvalue weighted by molar-refractivity contribution is 7.81. The summed E-state index contributed by atoms with van der Waals surface area (Å²) in [5.74, 6) is 0.00274. The molecule has 1 heterocycles. The predicted molar refractivity (Wildman–Crippen MR) is 93.3 cm³/mol. The molecule has 0 radical (unpaired) electrons. The second-order valence-corrected chi connectivity index (χ2v) is 7.33. The molecule has 0 aliphatic carbocycles. The fraction of sp³-hybridized carbons (Fsp3) is 0.353. The molecule has 0 fully saturated rings. The molecule has 1 aromatic heterocycles. The van der Waals surface area contributed by atoms with E-state index in [0.717, 1.165) is 12.0 Å². The van der Waals surface area contributed by atoms with Crippen molar-refractivity contribution in [2.24, 2.45) is 0 Å². The van der Waals surface area contributed by atoms with Gasteiger partial charge in [-0.2, -0.15) is 12.6 Å². The number of nitrogens with one attached hydrogen (secondary N) is 1. The highest BCUT2D eigenvalue weighted by Gasteiger charge is 2.17. The van der Waals surface area contributed by atoms with Crippen LogP contribution in [0.3, 0.4) is 0 Å². The van der Waals surface area contributed by atoms with Gasteiger partial charge in [-0.05, 0) is 38.0 Å². The lowest BCUT2D eigenvalue weighted by Gasteiger charge is -2.16. The van der Waals surface area contributed by atoms with Crippen molar-refractivity contribution in [2.75, 3.05) is 0 Å². The number of rotatable bonds is 6. The maximum atomic E-state index is 12.2. The molecule has 0 bridgehead atoms. The fourth-order valence-corrected chi connectivity index (χ4v) is 3.52. The Balaban J connectivity index is 1.82.